The summed E-state index contributed by atoms with van der Waals surface area (Å²) in [6, 6.07) is -0.279. The van der Waals surface area contributed by atoms with E-state index in [2.05, 4.69) is 20.4 Å². The molecule has 19 heavy (non-hydrogen) atoms. The molecule has 0 aliphatic rings. The first-order valence-electron chi connectivity index (χ1n) is 6.11. The number of hydrogen-bond acceptors (Lipinski definition) is 5. The minimum Gasteiger partial charge on any atom is -0.394 e. The summed E-state index contributed by atoms with van der Waals surface area (Å²) >= 11 is 0. The number of hydrogen-bond donors (Lipinski definition) is 2. The second-order valence-corrected chi connectivity index (χ2v) is 4.74. The fraction of sp³-hybridized carbons (Fsp3) is 0.500. The first kappa shape index (κ1) is 13.4. The monoisotopic (exact) mass is 263 g/mol. The van der Waals surface area contributed by atoms with E-state index < -0.39 is 0 Å². The third-order valence-corrected chi connectivity index (χ3v) is 3.11. The highest BCUT2D eigenvalue weighted by molar-refractivity contribution is 5.95. The number of aryl methyl sites for hydroxylation is 1. The number of nitrogens with zero attached hydrogens (tertiary/aromatic N) is 4. The summed E-state index contributed by atoms with van der Waals surface area (Å²) in [5.41, 5.74) is 1.09. The topological polar surface area (TPSA) is 92.4 Å². The van der Waals surface area contributed by atoms with Gasteiger partial charge in [-0.15, -0.1) is 0 Å². The van der Waals surface area contributed by atoms with E-state index in [9.17, 15) is 9.90 Å². The van der Waals surface area contributed by atoms with E-state index in [1.165, 1.54) is 17.0 Å². The number of aliphatic hydroxyl groups excluding tert-OH is 1. The number of nitrogens with one attached hydrogen (secondary N) is 1. The molecule has 0 bridgehead atoms. The number of carbonyl (C=O) groups is 1. The molecular weight excluding hydrogens is 246 g/mol. The first-order chi connectivity index (χ1) is 9.04. The van der Waals surface area contributed by atoms with Crippen LogP contribution in [-0.4, -0.2) is 43.2 Å². The van der Waals surface area contributed by atoms with Crippen LogP contribution in [0.2, 0.25) is 0 Å². The van der Waals surface area contributed by atoms with Gasteiger partial charge in [-0.1, -0.05) is 13.8 Å². The van der Waals surface area contributed by atoms with E-state index in [-0.39, 0.29) is 24.5 Å². The molecule has 0 radical (unpaired) electrons. The summed E-state index contributed by atoms with van der Waals surface area (Å²) in [4.78, 5) is 20.2. The van der Waals surface area contributed by atoms with Gasteiger partial charge in [-0.25, -0.2) is 9.50 Å². The van der Waals surface area contributed by atoms with E-state index in [1.807, 2.05) is 13.8 Å². The van der Waals surface area contributed by atoms with Gasteiger partial charge in [-0.2, -0.15) is 10.1 Å². The van der Waals surface area contributed by atoms with Crippen LogP contribution in [0.15, 0.2) is 12.5 Å². The van der Waals surface area contributed by atoms with Crippen molar-refractivity contribution >= 4 is 11.7 Å². The van der Waals surface area contributed by atoms with Gasteiger partial charge < -0.3 is 10.4 Å². The zero-order valence-electron chi connectivity index (χ0n) is 11.2. The minimum absolute atomic E-state index is 0.0958. The van der Waals surface area contributed by atoms with Crippen molar-refractivity contribution in [3.8, 4) is 0 Å². The smallest absolute Gasteiger partial charge is 0.255 e. The van der Waals surface area contributed by atoms with Gasteiger partial charge in [-0.05, 0) is 12.8 Å². The van der Waals surface area contributed by atoms with Gasteiger partial charge in [0.15, 0.2) is 0 Å². The van der Waals surface area contributed by atoms with Crippen molar-refractivity contribution in [2.75, 3.05) is 6.61 Å². The van der Waals surface area contributed by atoms with Crippen LogP contribution in [0.1, 0.15) is 29.9 Å². The number of amides is 1. The van der Waals surface area contributed by atoms with Crippen molar-refractivity contribution in [1.29, 1.82) is 0 Å². The fourth-order valence-corrected chi connectivity index (χ4v) is 1.78. The van der Waals surface area contributed by atoms with E-state index >= 15 is 0 Å². The quantitative estimate of drug-likeness (QED) is 0.821. The lowest BCUT2D eigenvalue weighted by atomic mass is 10.0. The van der Waals surface area contributed by atoms with Gasteiger partial charge in [0.1, 0.15) is 6.33 Å². The van der Waals surface area contributed by atoms with Gasteiger partial charge in [0.25, 0.3) is 11.7 Å². The zero-order valence-corrected chi connectivity index (χ0v) is 11.2. The van der Waals surface area contributed by atoms with E-state index in [0.29, 0.717) is 17.0 Å². The van der Waals surface area contributed by atoms with Gasteiger partial charge in [0.2, 0.25) is 0 Å². The number of fused-ring (bicyclic) bond motifs is 1. The van der Waals surface area contributed by atoms with Crippen LogP contribution in [-0.2, 0) is 0 Å². The van der Waals surface area contributed by atoms with Gasteiger partial charge >= 0.3 is 0 Å². The lowest BCUT2D eigenvalue weighted by molar-refractivity contribution is 0.0895. The summed E-state index contributed by atoms with van der Waals surface area (Å²) < 4.78 is 1.51. The van der Waals surface area contributed by atoms with Crippen LogP contribution < -0.4 is 5.32 Å². The van der Waals surface area contributed by atoms with Crippen molar-refractivity contribution in [3.63, 3.8) is 0 Å². The Balaban J connectivity index is 2.28. The summed E-state index contributed by atoms with van der Waals surface area (Å²) in [6.07, 6.45) is 2.87. The largest absolute Gasteiger partial charge is 0.394 e. The fourth-order valence-electron chi connectivity index (χ4n) is 1.78. The summed E-state index contributed by atoms with van der Waals surface area (Å²) in [6.45, 7) is 5.56. The maximum atomic E-state index is 12.2. The maximum Gasteiger partial charge on any atom is 0.255 e. The van der Waals surface area contributed by atoms with Crippen LogP contribution in [0.25, 0.3) is 5.78 Å². The number of rotatable bonds is 4. The molecule has 1 atom stereocenters. The Hall–Kier alpha value is -2.02. The molecule has 7 nitrogen and oxygen atoms in total. The third kappa shape index (κ3) is 2.55. The Kier molecular flexibility index (Phi) is 3.75. The molecule has 0 spiro atoms. The number of carbonyl (C=O) groups excluding carboxylic acids is 1. The first-order valence-corrected chi connectivity index (χ1v) is 6.11. The highest BCUT2D eigenvalue weighted by Crippen LogP contribution is 2.09. The third-order valence-electron chi connectivity index (χ3n) is 3.11. The molecule has 0 fully saturated rings. The molecule has 2 rings (SSSR count). The average molecular weight is 263 g/mol. The summed E-state index contributed by atoms with van der Waals surface area (Å²) in [5.74, 6) is 0.337. The van der Waals surface area contributed by atoms with Crippen LogP contribution in [0.4, 0.5) is 0 Å². The lowest BCUT2D eigenvalue weighted by Crippen LogP contribution is -2.41. The van der Waals surface area contributed by atoms with Gasteiger partial charge in [0.05, 0.1) is 23.9 Å². The Morgan fingerprint density at radius 1 is 1.47 bits per heavy atom. The SMILES string of the molecule is Cc1c(C(=O)NC(CO)C(C)C)cnc2ncnn12. The molecule has 102 valence electrons. The van der Waals surface area contributed by atoms with Crippen LogP contribution in [0.5, 0.6) is 0 Å². The average Bonchev–Trinajstić information content (AvgIpc) is 2.84. The molecule has 7 heteroatoms. The molecule has 1 amide bonds. The van der Waals surface area contributed by atoms with Crippen molar-refractivity contribution in [1.82, 2.24) is 24.9 Å². The van der Waals surface area contributed by atoms with Crippen molar-refractivity contribution in [2.45, 2.75) is 26.8 Å². The van der Waals surface area contributed by atoms with Crippen LogP contribution in [0.3, 0.4) is 0 Å². The number of aromatic nitrogens is 4. The predicted octanol–water partition coefficient (Wildman–Crippen LogP) is 0.179. The number of aliphatic hydroxyl groups is 1. The molecule has 2 aromatic rings. The maximum absolute atomic E-state index is 12.2. The van der Waals surface area contributed by atoms with Crippen molar-refractivity contribution < 1.29 is 9.90 Å². The van der Waals surface area contributed by atoms with Gasteiger partial charge in [0, 0.05) is 6.20 Å². The van der Waals surface area contributed by atoms with Crippen molar-refractivity contribution in [3.05, 3.63) is 23.8 Å². The molecule has 0 saturated heterocycles. The molecule has 0 saturated carbocycles. The Bertz CT molecular complexity index is 593. The van der Waals surface area contributed by atoms with Crippen LogP contribution >= 0.6 is 0 Å². The molecule has 0 aliphatic heterocycles. The Morgan fingerprint density at radius 3 is 2.84 bits per heavy atom. The minimum atomic E-state index is -0.279. The summed E-state index contributed by atoms with van der Waals surface area (Å²) in [5, 5.41) is 16.0. The van der Waals surface area contributed by atoms with Gasteiger partial charge in [-0.3, -0.25) is 4.79 Å². The molecular formula is C12H17N5O2. The molecule has 1 unspecified atom stereocenters. The molecule has 2 aromatic heterocycles. The predicted molar refractivity (Wildman–Crippen MR) is 68.7 cm³/mol. The van der Waals surface area contributed by atoms with Crippen molar-refractivity contribution in [2.24, 2.45) is 5.92 Å². The second kappa shape index (κ2) is 5.31. The Morgan fingerprint density at radius 2 is 2.21 bits per heavy atom. The van der Waals surface area contributed by atoms with E-state index in [1.54, 1.807) is 6.92 Å². The van der Waals surface area contributed by atoms with E-state index in [4.69, 9.17) is 0 Å². The standard InChI is InChI=1S/C12H17N5O2/c1-7(2)10(5-18)16-11(19)9-4-13-12-14-6-15-17(12)8(9)3/h4,6-7,10,18H,5H2,1-3H3,(H,16,19). The molecule has 0 aliphatic carbocycles. The highest BCUT2D eigenvalue weighted by atomic mass is 16.3. The van der Waals surface area contributed by atoms with E-state index in [0.717, 1.165) is 0 Å². The zero-order chi connectivity index (χ0) is 14.0. The lowest BCUT2D eigenvalue weighted by Gasteiger charge is -2.20. The molecule has 2 N–H and O–H groups in total. The summed E-state index contributed by atoms with van der Waals surface area (Å²) in [7, 11) is 0. The molecule has 2 heterocycles. The Labute approximate surface area is 110 Å². The van der Waals surface area contributed by atoms with Crippen LogP contribution in [0, 0.1) is 12.8 Å². The highest BCUT2D eigenvalue weighted by Gasteiger charge is 2.19. The molecule has 0 aromatic carbocycles. The normalized spacial score (nSPS) is 12.9. The second-order valence-electron chi connectivity index (χ2n) is 4.74.